The summed E-state index contributed by atoms with van der Waals surface area (Å²) in [5.41, 5.74) is 4.30. The van der Waals surface area contributed by atoms with Gasteiger partial charge in [-0.05, 0) is 25.7 Å². The van der Waals surface area contributed by atoms with Crippen molar-refractivity contribution in [3.63, 3.8) is 0 Å². The third kappa shape index (κ3) is 2.15. The van der Waals surface area contributed by atoms with Gasteiger partial charge >= 0.3 is 6.18 Å². The monoisotopic (exact) mass is 248 g/mol. The largest absolute Gasteiger partial charge is 0.434 e. The average Bonchev–Trinajstić information content (AvgIpc) is 2.57. The van der Waals surface area contributed by atoms with Gasteiger partial charge < -0.3 is 5.73 Å². The van der Waals surface area contributed by atoms with Crippen LogP contribution in [0, 0.1) is 5.92 Å². The minimum absolute atomic E-state index is 0.177. The van der Waals surface area contributed by atoms with Crippen LogP contribution >= 0.6 is 0 Å². The number of nitrogens with zero attached hydrogens (tertiary/aromatic N) is 3. The fraction of sp³-hybridized carbons (Fsp3) is 0.800. The molecule has 1 aliphatic carbocycles. The molecule has 1 unspecified atom stereocenters. The number of halogens is 3. The Morgan fingerprint density at radius 2 is 2.12 bits per heavy atom. The van der Waals surface area contributed by atoms with Crippen LogP contribution in [0.1, 0.15) is 43.6 Å². The topological polar surface area (TPSA) is 56.7 Å². The number of nitrogens with two attached hydrogens (primary N) is 1. The molecule has 7 heteroatoms. The Balaban J connectivity index is 2.36. The molecule has 0 aromatic carbocycles. The van der Waals surface area contributed by atoms with Gasteiger partial charge in [0.2, 0.25) is 0 Å². The zero-order valence-corrected chi connectivity index (χ0v) is 9.54. The Bertz CT molecular complexity index is 395. The normalized spacial score (nSPS) is 19.1. The van der Waals surface area contributed by atoms with E-state index in [4.69, 9.17) is 5.73 Å². The van der Waals surface area contributed by atoms with Crippen LogP contribution in [0.25, 0.3) is 0 Å². The number of aromatic nitrogens is 3. The molecule has 0 radical (unpaired) electrons. The summed E-state index contributed by atoms with van der Waals surface area (Å²) < 4.78 is 39.7. The molecule has 4 nitrogen and oxygen atoms in total. The summed E-state index contributed by atoms with van der Waals surface area (Å²) in [6, 6.07) is -0.270. The van der Waals surface area contributed by atoms with Crippen LogP contribution in [0.4, 0.5) is 13.2 Å². The molecule has 0 amide bonds. The Morgan fingerprint density at radius 1 is 1.47 bits per heavy atom. The lowest BCUT2D eigenvalue weighted by atomic mass is 9.80. The predicted molar refractivity (Wildman–Crippen MR) is 55.0 cm³/mol. The van der Waals surface area contributed by atoms with E-state index in [1.165, 1.54) is 0 Å². The summed E-state index contributed by atoms with van der Waals surface area (Å²) in [5.74, 6) is 0.267. The first-order valence-electron chi connectivity index (χ1n) is 5.66. The van der Waals surface area contributed by atoms with Crippen LogP contribution in [-0.2, 0) is 12.7 Å². The lowest BCUT2D eigenvalue weighted by Gasteiger charge is -2.32. The quantitative estimate of drug-likeness (QED) is 0.891. The van der Waals surface area contributed by atoms with E-state index in [-0.39, 0.29) is 24.2 Å². The minimum atomic E-state index is -4.45. The third-order valence-corrected chi connectivity index (χ3v) is 3.44. The summed E-state index contributed by atoms with van der Waals surface area (Å²) in [6.45, 7) is 1.51. The van der Waals surface area contributed by atoms with E-state index in [0.717, 1.165) is 23.9 Å². The number of rotatable bonds is 3. The van der Waals surface area contributed by atoms with Gasteiger partial charge in [0.1, 0.15) is 5.69 Å². The van der Waals surface area contributed by atoms with E-state index in [0.29, 0.717) is 0 Å². The van der Waals surface area contributed by atoms with Gasteiger partial charge in [-0.1, -0.05) is 11.6 Å². The van der Waals surface area contributed by atoms with Crippen molar-refractivity contribution in [1.82, 2.24) is 15.0 Å². The molecule has 17 heavy (non-hydrogen) atoms. The van der Waals surface area contributed by atoms with Crippen LogP contribution in [-0.4, -0.2) is 15.0 Å². The maximum absolute atomic E-state index is 12.9. The summed E-state index contributed by atoms with van der Waals surface area (Å²) in [5, 5.41) is 7.15. The van der Waals surface area contributed by atoms with Gasteiger partial charge in [0.05, 0.1) is 6.04 Å². The van der Waals surface area contributed by atoms with Crippen molar-refractivity contribution in [3.05, 3.63) is 11.4 Å². The number of alkyl halides is 3. The fourth-order valence-electron chi connectivity index (χ4n) is 2.16. The van der Waals surface area contributed by atoms with Gasteiger partial charge in [0, 0.05) is 6.54 Å². The van der Waals surface area contributed by atoms with Gasteiger partial charge in [0.15, 0.2) is 5.69 Å². The maximum Gasteiger partial charge on any atom is 0.434 e. The molecule has 1 heterocycles. The van der Waals surface area contributed by atoms with E-state index < -0.39 is 11.9 Å². The molecule has 0 saturated heterocycles. The van der Waals surface area contributed by atoms with Crippen molar-refractivity contribution in [2.75, 3.05) is 0 Å². The highest BCUT2D eigenvalue weighted by Crippen LogP contribution is 2.39. The van der Waals surface area contributed by atoms with Gasteiger partial charge in [-0.25, -0.2) is 4.68 Å². The lowest BCUT2D eigenvalue weighted by Crippen LogP contribution is -2.28. The molecule has 0 aliphatic heterocycles. The van der Waals surface area contributed by atoms with Crippen LogP contribution in [0.3, 0.4) is 0 Å². The standard InChI is InChI=1S/C10H15F3N4/c1-6(7-3-2-4-7)17-9(10(11,12)13)8(5-14)15-16-17/h6-7H,2-5,14H2,1H3. The second-order valence-electron chi connectivity index (χ2n) is 4.46. The first-order chi connectivity index (χ1) is 7.95. The second-order valence-corrected chi connectivity index (χ2v) is 4.46. The smallest absolute Gasteiger partial charge is 0.325 e. The Labute approximate surface area is 97.0 Å². The Kier molecular flexibility index (Phi) is 3.11. The lowest BCUT2D eigenvalue weighted by molar-refractivity contribution is -0.146. The third-order valence-electron chi connectivity index (χ3n) is 3.44. The highest BCUT2D eigenvalue weighted by molar-refractivity contribution is 5.14. The molecule has 1 saturated carbocycles. The maximum atomic E-state index is 12.9. The van der Waals surface area contributed by atoms with Crippen LogP contribution in [0.15, 0.2) is 0 Å². The summed E-state index contributed by atoms with van der Waals surface area (Å²) in [7, 11) is 0. The Morgan fingerprint density at radius 3 is 2.53 bits per heavy atom. The first-order valence-corrected chi connectivity index (χ1v) is 5.66. The van der Waals surface area contributed by atoms with Gasteiger partial charge in [-0.3, -0.25) is 0 Å². The predicted octanol–water partition coefficient (Wildman–Crippen LogP) is 2.12. The van der Waals surface area contributed by atoms with Crippen molar-refractivity contribution in [2.24, 2.45) is 11.7 Å². The number of hydrogen-bond acceptors (Lipinski definition) is 3. The highest BCUT2D eigenvalue weighted by atomic mass is 19.4. The molecule has 0 bridgehead atoms. The zero-order chi connectivity index (χ0) is 12.6. The fourth-order valence-corrected chi connectivity index (χ4v) is 2.16. The van der Waals surface area contributed by atoms with Gasteiger partial charge in [-0.2, -0.15) is 13.2 Å². The van der Waals surface area contributed by atoms with E-state index in [1.807, 2.05) is 0 Å². The van der Waals surface area contributed by atoms with Crippen molar-refractivity contribution >= 4 is 0 Å². The summed E-state index contributed by atoms with van der Waals surface area (Å²) in [6.07, 6.45) is -1.46. The van der Waals surface area contributed by atoms with E-state index in [2.05, 4.69) is 10.3 Å². The molecule has 1 aliphatic rings. The average molecular weight is 248 g/mol. The molecule has 1 aromatic heterocycles. The van der Waals surface area contributed by atoms with Gasteiger partial charge in [0.25, 0.3) is 0 Å². The molecular formula is C10H15F3N4. The zero-order valence-electron chi connectivity index (χ0n) is 9.54. The molecule has 1 aromatic rings. The SMILES string of the molecule is CC(C1CCC1)n1nnc(CN)c1C(F)(F)F. The van der Waals surface area contributed by atoms with Crippen molar-refractivity contribution in [2.45, 2.75) is 44.9 Å². The first kappa shape index (κ1) is 12.3. The van der Waals surface area contributed by atoms with Gasteiger partial charge in [-0.15, -0.1) is 5.10 Å². The molecule has 1 fully saturated rings. The molecular weight excluding hydrogens is 233 g/mol. The summed E-state index contributed by atoms with van der Waals surface area (Å²) >= 11 is 0. The van der Waals surface area contributed by atoms with E-state index in [1.54, 1.807) is 6.92 Å². The number of hydrogen-bond donors (Lipinski definition) is 1. The summed E-state index contributed by atoms with van der Waals surface area (Å²) in [4.78, 5) is 0. The molecule has 2 N–H and O–H groups in total. The second kappa shape index (κ2) is 4.29. The van der Waals surface area contributed by atoms with Crippen LogP contribution in [0.2, 0.25) is 0 Å². The molecule has 2 rings (SSSR count). The van der Waals surface area contributed by atoms with E-state index in [9.17, 15) is 13.2 Å². The highest BCUT2D eigenvalue weighted by Gasteiger charge is 2.41. The molecule has 0 spiro atoms. The minimum Gasteiger partial charge on any atom is -0.325 e. The van der Waals surface area contributed by atoms with Crippen molar-refractivity contribution in [3.8, 4) is 0 Å². The van der Waals surface area contributed by atoms with Crippen LogP contribution in [0.5, 0.6) is 0 Å². The Hall–Kier alpha value is -1.11. The van der Waals surface area contributed by atoms with E-state index >= 15 is 0 Å². The van der Waals surface area contributed by atoms with Crippen molar-refractivity contribution < 1.29 is 13.2 Å². The van der Waals surface area contributed by atoms with Crippen LogP contribution < -0.4 is 5.73 Å². The van der Waals surface area contributed by atoms with Crippen molar-refractivity contribution in [1.29, 1.82) is 0 Å². The molecule has 96 valence electrons. The molecule has 1 atom stereocenters.